The van der Waals surface area contributed by atoms with Crippen LogP contribution in [0.15, 0.2) is 29.3 Å². The van der Waals surface area contributed by atoms with Crippen LogP contribution >= 0.6 is 35.6 Å². The van der Waals surface area contributed by atoms with Gasteiger partial charge < -0.3 is 10.2 Å². The topological polar surface area (TPSA) is 27.6 Å². The highest BCUT2D eigenvalue weighted by Gasteiger charge is 2.30. The molecule has 1 heterocycles. The Morgan fingerprint density at radius 1 is 1.38 bits per heavy atom. The summed E-state index contributed by atoms with van der Waals surface area (Å²) in [6.45, 7) is 7.62. The smallest absolute Gasteiger partial charge is 0.193 e. The first-order valence-corrected chi connectivity index (χ1v) is 7.59. The van der Waals surface area contributed by atoms with E-state index in [2.05, 4.69) is 35.1 Å². The van der Waals surface area contributed by atoms with Crippen molar-refractivity contribution in [1.29, 1.82) is 0 Å². The molecule has 0 aromatic heterocycles. The van der Waals surface area contributed by atoms with Crippen LogP contribution in [-0.4, -0.2) is 37.5 Å². The van der Waals surface area contributed by atoms with Crippen molar-refractivity contribution in [3.63, 3.8) is 0 Å². The van der Waals surface area contributed by atoms with E-state index in [1.807, 2.05) is 25.2 Å². The first kappa shape index (κ1) is 18.6. The van der Waals surface area contributed by atoms with E-state index >= 15 is 0 Å². The van der Waals surface area contributed by atoms with Crippen molar-refractivity contribution in [2.45, 2.75) is 26.7 Å². The summed E-state index contributed by atoms with van der Waals surface area (Å²) in [6, 6.07) is 8.00. The van der Waals surface area contributed by atoms with Gasteiger partial charge in [0.05, 0.1) is 0 Å². The molecule has 0 saturated carbocycles. The second kappa shape index (κ2) is 8.22. The number of hydrogen-bond acceptors (Lipinski definition) is 1. The standard InChI is InChI=1S/C16H24ClN3.HI/c1-16(2)9-11-20(12-16)15(18-3)19-10-8-13-6-4-5-7-14(13)17;/h4-7H,8-12H2,1-3H3,(H,18,19);1H. The van der Waals surface area contributed by atoms with Gasteiger partial charge in [-0.15, -0.1) is 24.0 Å². The molecule has 1 fully saturated rings. The van der Waals surface area contributed by atoms with E-state index in [0.29, 0.717) is 5.41 Å². The Morgan fingerprint density at radius 2 is 2.10 bits per heavy atom. The van der Waals surface area contributed by atoms with Crippen LogP contribution in [0.25, 0.3) is 0 Å². The van der Waals surface area contributed by atoms with Crippen molar-refractivity contribution in [3.8, 4) is 0 Å². The average Bonchev–Trinajstić information content (AvgIpc) is 2.77. The monoisotopic (exact) mass is 421 g/mol. The highest BCUT2D eigenvalue weighted by Crippen LogP contribution is 2.28. The van der Waals surface area contributed by atoms with E-state index in [1.165, 1.54) is 12.0 Å². The summed E-state index contributed by atoms with van der Waals surface area (Å²) in [5.74, 6) is 1.00. The highest BCUT2D eigenvalue weighted by molar-refractivity contribution is 14.0. The van der Waals surface area contributed by atoms with E-state index in [-0.39, 0.29) is 24.0 Å². The normalized spacial score (nSPS) is 17.5. The molecule has 0 aliphatic carbocycles. The molecule has 118 valence electrons. The molecule has 1 aromatic carbocycles. The zero-order valence-corrected chi connectivity index (χ0v) is 16.1. The lowest BCUT2D eigenvalue weighted by Gasteiger charge is -2.23. The molecular formula is C16H25ClIN3. The maximum atomic E-state index is 6.17. The van der Waals surface area contributed by atoms with Crippen molar-refractivity contribution < 1.29 is 0 Å². The number of likely N-dealkylation sites (tertiary alicyclic amines) is 1. The molecule has 1 N–H and O–H groups in total. The number of aliphatic imine (C=N–C) groups is 1. The maximum absolute atomic E-state index is 6.17. The van der Waals surface area contributed by atoms with Crippen molar-refractivity contribution in [2.75, 3.05) is 26.7 Å². The summed E-state index contributed by atoms with van der Waals surface area (Å²) in [5, 5.41) is 4.28. The number of benzene rings is 1. The minimum atomic E-state index is 0. The third kappa shape index (κ3) is 5.33. The number of guanidine groups is 1. The Morgan fingerprint density at radius 3 is 2.67 bits per heavy atom. The van der Waals surface area contributed by atoms with Crippen molar-refractivity contribution >= 4 is 41.5 Å². The van der Waals surface area contributed by atoms with Gasteiger partial charge in [-0.05, 0) is 29.9 Å². The second-order valence-electron chi connectivity index (χ2n) is 6.15. The van der Waals surface area contributed by atoms with Crippen LogP contribution < -0.4 is 5.32 Å². The van der Waals surface area contributed by atoms with Gasteiger partial charge >= 0.3 is 0 Å². The van der Waals surface area contributed by atoms with Gasteiger partial charge in [-0.1, -0.05) is 43.6 Å². The Kier molecular flexibility index (Phi) is 7.27. The molecule has 0 spiro atoms. The van der Waals surface area contributed by atoms with Gasteiger partial charge in [0.15, 0.2) is 5.96 Å². The van der Waals surface area contributed by atoms with Gasteiger partial charge in [-0.3, -0.25) is 4.99 Å². The zero-order valence-electron chi connectivity index (χ0n) is 13.0. The van der Waals surface area contributed by atoms with E-state index in [0.717, 1.165) is 37.0 Å². The summed E-state index contributed by atoms with van der Waals surface area (Å²) < 4.78 is 0. The fourth-order valence-electron chi connectivity index (χ4n) is 2.64. The predicted molar refractivity (Wildman–Crippen MR) is 102 cm³/mol. The SMILES string of the molecule is CN=C(NCCc1ccccc1Cl)N1CCC(C)(C)C1.I. The lowest BCUT2D eigenvalue weighted by Crippen LogP contribution is -2.41. The Bertz CT molecular complexity index is 488. The first-order valence-electron chi connectivity index (χ1n) is 7.21. The fourth-order valence-corrected chi connectivity index (χ4v) is 2.87. The Hall–Kier alpha value is -0.490. The number of halogens is 2. The highest BCUT2D eigenvalue weighted by atomic mass is 127. The van der Waals surface area contributed by atoms with Gasteiger partial charge in [0.2, 0.25) is 0 Å². The quantitative estimate of drug-likeness (QED) is 0.457. The predicted octanol–water partition coefficient (Wildman–Crippen LogP) is 3.81. The molecule has 0 atom stereocenters. The largest absolute Gasteiger partial charge is 0.356 e. The summed E-state index contributed by atoms with van der Waals surface area (Å²) in [7, 11) is 1.85. The van der Waals surface area contributed by atoms with E-state index in [9.17, 15) is 0 Å². The van der Waals surface area contributed by atoms with Gasteiger partial charge in [-0.2, -0.15) is 0 Å². The summed E-state index contributed by atoms with van der Waals surface area (Å²) in [4.78, 5) is 6.73. The van der Waals surface area contributed by atoms with Gasteiger partial charge in [0.1, 0.15) is 0 Å². The lowest BCUT2D eigenvalue weighted by atomic mass is 9.93. The van der Waals surface area contributed by atoms with Crippen molar-refractivity contribution in [2.24, 2.45) is 10.4 Å². The van der Waals surface area contributed by atoms with E-state index in [1.54, 1.807) is 0 Å². The minimum absolute atomic E-state index is 0. The van der Waals surface area contributed by atoms with Crippen LogP contribution in [0, 0.1) is 5.41 Å². The maximum Gasteiger partial charge on any atom is 0.193 e. The molecule has 1 aliphatic heterocycles. The number of rotatable bonds is 3. The van der Waals surface area contributed by atoms with Crippen LogP contribution in [0.2, 0.25) is 5.02 Å². The molecule has 1 aliphatic rings. The molecule has 5 heteroatoms. The van der Waals surface area contributed by atoms with Crippen LogP contribution in [0.5, 0.6) is 0 Å². The van der Waals surface area contributed by atoms with Gasteiger partial charge in [0.25, 0.3) is 0 Å². The molecular weight excluding hydrogens is 397 g/mol. The number of nitrogens with zero attached hydrogens (tertiary/aromatic N) is 2. The molecule has 0 bridgehead atoms. The number of nitrogens with one attached hydrogen (secondary N) is 1. The lowest BCUT2D eigenvalue weighted by molar-refractivity contribution is 0.370. The summed E-state index contributed by atoms with van der Waals surface area (Å²) in [5.41, 5.74) is 1.57. The fraction of sp³-hybridized carbons (Fsp3) is 0.562. The Labute approximate surface area is 150 Å². The third-order valence-corrected chi connectivity index (χ3v) is 4.19. The van der Waals surface area contributed by atoms with E-state index in [4.69, 9.17) is 11.6 Å². The molecule has 3 nitrogen and oxygen atoms in total. The van der Waals surface area contributed by atoms with Crippen LogP contribution in [0.4, 0.5) is 0 Å². The molecule has 0 unspecified atom stereocenters. The van der Waals surface area contributed by atoms with Crippen molar-refractivity contribution in [3.05, 3.63) is 34.9 Å². The molecule has 1 aromatic rings. The molecule has 1 saturated heterocycles. The Balaban J connectivity index is 0.00000220. The molecule has 0 radical (unpaired) electrons. The second-order valence-corrected chi connectivity index (χ2v) is 6.56. The molecule has 0 amide bonds. The number of hydrogen-bond donors (Lipinski definition) is 1. The average molecular weight is 422 g/mol. The van der Waals surface area contributed by atoms with E-state index < -0.39 is 0 Å². The molecule has 21 heavy (non-hydrogen) atoms. The van der Waals surface area contributed by atoms with Crippen LogP contribution in [0.3, 0.4) is 0 Å². The van der Waals surface area contributed by atoms with Gasteiger partial charge in [0, 0.05) is 31.7 Å². The zero-order chi connectivity index (χ0) is 14.6. The first-order chi connectivity index (χ1) is 9.52. The van der Waals surface area contributed by atoms with Crippen LogP contribution in [0.1, 0.15) is 25.8 Å². The van der Waals surface area contributed by atoms with Crippen molar-refractivity contribution in [1.82, 2.24) is 10.2 Å². The summed E-state index contributed by atoms with van der Waals surface area (Å²) >= 11 is 6.17. The van der Waals surface area contributed by atoms with Crippen LogP contribution in [-0.2, 0) is 6.42 Å². The van der Waals surface area contributed by atoms with Gasteiger partial charge in [-0.25, -0.2) is 0 Å². The molecule has 2 rings (SSSR count). The third-order valence-electron chi connectivity index (χ3n) is 3.82. The minimum Gasteiger partial charge on any atom is -0.356 e. The summed E-state index contributed by atoms with van der Waals surface area (Å²) in [6.07, 6.45) is 2.13.